The lowest BCUT2D eigenvalue weighted by Gasteiger charge is -2.28. The Balaban J connectivity index is 1.59. The van der Waals surface area contributed by atoms with E-state index in [0.29, 0.717) is 23.1 Å². The molecule has 2 aromatic heterocycles. The summed E-state index contributed by atoms with van der Waals surface area (Å²) in [6, 6.07) is 1.52. The minimum Gasteiger partial charge on any atom is -0.476 e. The first-order chi connectivity index (χ1) is 12.0. The lowest BCUT2D eigenvalue weighted by molar-refractivity contribution is -0.128. The van der Waals surface area contributed by atoms with Crippen molar-refractivity contribution < 1.29 is 14.7 Å². The van der Waals surface area contributed by atoms with Crippen LogP contribution in [0.4, 0.5) is 0 Å². The van der Waals surface area contributed by atoms with Crippen molar-refractivity contribution in [2.45, 2.75) is 36.2 Å². The number of nitrogens with one attached hydrogen (secondary N) is 1. The number of H-pyrrole nitrogens is 1. The molecule has 1 aliphatic heterocycles. The number of thioether (sulfide) groups is 1. The number of carbonyl (C=O) groups excluding carboxylic acids is 1. The lowest BCUT2D eigenvalue weighted by Crippen LogP contribution is -2.41. The molecule has 1 aliphatic rings. The number of carboxylic acids is 1. The van der Waals surface area contributed by atoms with E-state index in [1.54, 1.807) is 0 Å². The van der Waals surface area contributed by atoms with Crippen molar-refractivity contribution in [1.29, 1.82) is 0 Å². The van der Waals surface area contributed by atoms with Gasteiger partial charge in [0.05, 0.1) is 17.8 Å². The number of aromatic nitrogens is 3. The summed E-state index contributed by atoms with van der Waals surface area (Å²) in [6.45, 7) is 2.46. The maximum atomic E-state index is 12.2. The molecule has 10 heteroatoms. The zero-order valence-corrected chi connectivity index (χ0v) is 15.3. The van der Waals surface area contributed by atoms with Crippen LogP contribution >= 0.6 is 23.1 Å². The molecule has 0 bridgehead atoms. The zero-order valence-electron chi connectivity index (χ0n) is 13.6. The van der Waals surface area contributed by atoms with Gasteiger partial charge >= 0.3 is 5.97 Å². The minimum absolute atomic E-state index is 0.0542. The quantitative estimate of drug-likeness (QED) is 0.623. The van der Waals surface area contributed by atoms with Crippen LogP contribution in [0.2, 0.25) is 0 Å². The number of hydrogen-bond acceptors (Lipinski definition) is 7. The van der Waals surface area contributed by atoms with Gasteiger partial charge in [0.25, 0.3) is 0 Å². The maximum Gasteiger partial charge on any atom is 0.355 e. The van der Waals surface area contributed by atoms with Crippen LogP contribution in [0.15, 0.2) is 15.8 Å². The predicted molar refractivity (Wildman–Crippen MR) is 94.8 cm³/mol. The van der Waals surface area contributed by atoms with Crippen LogP contribution in [-0.2, 0) is 4.79 Å². The third-order valence-electron chi connectivity index (χ3n) is 4.12. The van der Waals surface area contributed by atoms with E-state index in [1.165, 1.54) is 28.5 Å². The van der Waals surface area contributed by atoms with Gasteiger partial charge < -0.3 is 15.7 Å². The molecule has 25 heavy (non-hydrogen) atoms. The first-order valence-electron chi connectivity index (χ1n) is 7.84. The molecular formula is C15H19N5O3S2. The Morgan fingerprint density at radius 1 is 1.64 bits per heavy atom. The molecule has 4 N–H and O–H groups in total. The average Bonchev–Trinajstić information content (AvgIpc) is 3.28. The van der Waals surface area contributed by atoms with Crippen LogP contribution in [0.25, 0.3) is 0 Å². The fourth-order valence-corrected chi connectivity index (χ4v) is 4.69. The summed E-state index contributed by atoms with van der Waals surface area (Å²) in [5.41, 5.74) is 8.09. The van der Waals surface area contributed by atoms with Crippen molar-refractivity contribution in [3.8, 4) is 0 Å². The second-order valence-electron chi connectivity index (χ2n) is 5.85. The van der Waals surface area contributed by atoms with E-state index in [1.807, 2.05) is 17.9 Å². The molecule has 2 atom stereocenters. The second kappa shape index (κ2) is 7.54. The van der Waals surface area contributed by atoms with E-state index in [4.69, 9.17) is 10.8 Å². The Morgan fingerprint density at radius 2 is 2.44 bits per heavy atom. The zero-order chi connectivity index (χ0) is 18.0. The highest BCUT2D eigenvalue weighted by atomic mass is 32.2. The van der Waals surface area contributed by atoms with Crippen LogP contribution in [0.3, 0.4) is 0 Å². The molecule has 0 radical (unpaired) electrons. The van der Waals surface area contributed by atoms with Crippen molar-refractivity contribution in [3.63, 3.8) is 0 Å². The van der Waals surface area contributed by atoms with Gasteiger partial charge in [-0.1, -0.05) is 11.8 Å². The predicted octanol–water partition coefficient (Wildman–Crippen LogP) is 1.66. The number of amides is 1. The molecule has 8 nitrogen and oxygen atoms in total. The highest BCUT2D eigenvalue weighted by Crippen LogP contribution is 2.29. The Labute approximate surface area is 152 Å². The van der Waals surface area contributed by atoms with Gasteiger partial charge in [-0.05, 0) is 19.4 Å². The molecule has 3 heterocycles. The first-order valence-corrected chi connectivity index (χ1v) is 9.71. The van der Waals surface area contributed by atoms with Crippen molar-refractivity contribution in [2.75, 3.05) is 12.3 Å². The summed E-state index contributed by atoms with van der Waals surface area (Å²) in [6.07, 6.45) is 1.21. The number of aromatic carboxylic acids is 1. The van der Waals surface area contributed by atoms with E-state index in [-0.39, 0.29) is 23.7 Å². The second-order valence-corrected chi connectivity index (χ2v) is 8.05. The molecule has 0 spiro atoms. The van der Waals surface area contributed by atoms with Crippen LogP contribution < -0.4 is 5.73 Å². The summed E-state index contributed by atoms with van der Waals surface area (Å²) in [5.74, 6) is -0.293. The third-order valence-corrected chi connectivity index (χ3v) is 6.12. The smallest absolute Gasteiger partial charge is 0.355 e. The van der Waals surface area contributed by atoms with E-state index in [0.717, 1.165) is 17.8 Å². The lowest BCUT2D eigenvalue weighted by atomic mass is 10.0. The van der Waals surface area contributed by atoms with Gasteiger partial charge in [-0.15, -0.1) is 11.3 Å². The Kier molecular flexibility index (Phi) is 5.40. The summed E-state index contributed by atoms with van der Waals surface area (Å²) >= 11 is 2.75. The van der Waals surface area contributed by atoms with Gasteiger partial charge in [-0.2, -0.15) is 5.10 Å². The highest BCUT2D eigenvalue weighted by Gasteiger charge is 2.36. The number of hydrogen-bond donors (Lipinski definition) is 3. The largest absolute Gasteiger partial charge is 0.476 e. The number of thiazole rings is 1. The van der Waals surface area contributed by atoms with Gasteiger partial charge in [0.15, 0.2) is 10.0 Å². The molecule has 0 saturated carbocycles. The number of nitrogens with zero attached hydrogens (tertiary/aromatic N) is 3. The van der Waals surface area contributed by atoms with Crippen molar-refractivity contribution >= 4 is 35.0 Å². The number of aryl methyl sites for hydroxylation is 1. The summed E-state index contributed by atoms with van der Waals surface area (Å²) in [5, 5.41) is 17.5. The molecule has 2 aromatic rings. The first kappa shape index (κ1) is 17.9. The average molecular weight is 381 g/mol. The van der Waals surface area contributed by atoms with Crippen LogP contribution in [0, 0.1) is 6.92 Å². The van der Waals surface area contributed by atoms with Gasteiger partial charge in [-0.25, -0.2) is 9.78 Å². The standard InChI is InChI=1S/C15H19N5O3S2/c1-8-6-9(19-18-8)13(16)11-2-3-12(21)20(11)4-5-24-15-17-10(7-25-15)14(22)23/h6-7,11,13H,2-5,16H2,1H3,(H,18,19)(H,22,23)/t11-,13?/m1/s1. The normalized spacial score (nSPS) is 18.7. The van der Waals surface area contributed by atoms with E-state index >= 15 is 0 Å². The monoisotopic (exact) mass is 381 g/mol. The SMILES string of the molecule is Cc1cc(C(N)[C@H]2CCC(=O)N2CCSc2nc(C(=O)O)cs2)n[nH]1. The molecule has 1 amide bonds. The van der Waals surface area contributed by atoms with Crippen LogP contribution in [0.1, 0.15) is 40.8 Å². The fraction of sp³-hybridized carbons (Fsp3) is 0.467. The third kappa shape index (κ3) is 4.02. The maximum absolute atomic E-state index is 12.2. The van der Waals surface area contributed by atoms with Crippen LogP contribution in [-0.4, -0.2) is 55.4 Å². The summed E-state index contributed by atoms with van der Waals surface area (Å²) in [4.78, 5) is 28.9. The molecular weight excluding hydrogens is 362 g/mol. The number of carboxylic acid groups (broad SMARTS) is 1. The van der Waals surface area contributed by atoms with Gasteiger partial charge in [-0.3, -0.25) is 9.89 Å². The fourth-order valence-electron chi connectivity index (χ4n) is 2.88. The van der Waals surface area contributed by atoms with E-state index < -0.39 is 5.97 Å². The molecule has 0 aromatic carbocycles. The molecule has 3 rings (SSSR count). The highest BCUT2D eigenvalue weighted by molar-refractivity contribution is 8.01. The number of likely N-dealkylation sites (tertiary alicyclic amines) is 1. The minimum atomic E-state index is -1.03. The Bertz CT molecular complexity index is 775. The number of nitrogens with two attached hydrogens (primary N) is 1. The number of aromatic amines is 1. The van der Waals surface area contributed by atoms with Crippen molar-refractivity contribution in [2.24, 2.45) is 5.73 Å². The van der Waals surface area contributed by atoms with Gasteiger partial charge in [0, 0.05) is 29.8 Å². The molecule has 134 valence electrons. The Hall–Kier alpha value is -1.91. The molecule has 1 fully saturated rings. The van der Waals surface area contributed by atoms with E-state index in [2.05, 4.69) is 15.2 Å². The van der Waals surface area contributed by atoms with Gasteiger partial charge in [0.2, 0.25) is 5.91 Å². The summed E-state index contributed by atoms with van der Waals surface area (Å²) in [7, 11) is 0. The topological polar surface area (TPSA) is 125 Å². The summed E-state index contributed by atoms with van der Waals surface area (Å²) < 4.78 is 0.688. The Morgan fingerprint density at radius 3 is 3.08 bits per heavy atom. The van der Waals surface area contributed by atoms with Gasteiger partial charge in [0.1, 0.15) is 0 Å². The van der Waals surface area contributed by atoms with Crippen LogP contribution in [0.5, 0.6) is 0 Å². The number of rotatable bonds is 7. The van der Waals surface area contributed by atoms with Crippen molar-refractivity contribution in [1.82, 2.24) is 20.1 Å². The molecule has 1 saturated heterocycles. The van der Waals surface area contributed by atoms with E-state index in [9.17, 15) is 9.59 Å². The van der Waals surface area contributed by atoms with Crippen molar-refractivity contribution in [3.05, 3.63) is 28.5 Å². The number of carbonyl (C=O) groups is 2. The molecule has 1 unspecified atom stereocenters. The molecule has 0 aliphatic carbocycles.